The van der Waals surface area contributed by atoms with E-state index in [0.29, 0.717) is 17.8 Å². The summed E-state index contributed by atoms with van der Waals surface area (Å²) >= 11 is 0. The number of nitrogens with zero attached hydrogens (tertiary/aromatic N) is 4. The Balaban J connectivity index is 1.67. The summed E-state index contributed by atoms with van der Waals surface area (Å²) in [7, 11) is 1.89. The fraction of sp³-hybridized carbons (Fsp3) is 0.136. The molecule has 140 valence electrons. The standard InChI is InChI=1S/C22H21N5O/c1-16-18(14-24-26(16)2)13-23-22(28)20-15-27(19-11-7-4-8-12-19)25-21(20)17-9-5-3-6-10-17/h3-12,14-15H,13H2,1-2H3,(H,23,28). The minimum atomic E-state index is -0.163. The summed E-state index contributed by atoms with van der Waals surface area (Å²) < 4.78 is 3.54. The van der Waals surface area contributed by atoms with Crippen molar-refractivity contribution in [2.45, 2.75) is 13.5 Å². The molecule has 4 rings (SSSR count). The van der Waals surface area contributed by atoms with E-state index in [0.717, 1.165) is 22.5 Å². The van der Waals surface area contributed by atoms with E-state index >= 15 is 0 Å². The second-order valence-electron chi connectivity index (χ2n) is 6.60. The highest BCUT2D eigenvalue weighted by Gasteiger charge is 2.19. The number of benzene rings is 2. The predicted octanol–water partition coefficient (Wildman–Crippen LogP) is 3.51. The van der Waals surface area contributed by atoms with Crippen LogP contribution in [0.25, 0.3) is 16.9 Å². The third-order valence-corrected chi connectivity index (χ3v) is 4.80. The molecule has 0 spiro atoms. The van der Waals surface area contributed by atoms with Gasteiger partial charge < -0.3 is 5.32 Å². The quantitative estimate of drug-likeness (QED) is 0.584. The van der Waals surface area contributed by atoms with Crippen LogP contribution < -0.4 is 5.32 Å². The van der Waals surface area contributed by atoms with Gasteiger partial charge in [0.15, 0.2) is 0 Å². The Kier molecular flexibility index (Phi) is 4.76. The van der Waals surface area contributed by atoms with E-state index in [2.05, 4.69) is 15.5 Å². The minimum Gasteiger partial charge on any atom is -0.348 e. The maximum absolute atomic E-state index is 13.0. The molecular weight excluding hydrogens is 350 g/mol. The van der Waals surface area contributed by atoms with Gasteiger partial charge in [-0.05, 0) is 19.1 Å². The van der Waals surface area contributed by atoms with Gasteiger partial charge in [0.2, 0.25) is 0 Å². The van der Waals surface area contributed by atoms with Crippen LogP contribution in [0.2, 0.25) is 0 Å². The zero-order valence-electron chi connectivity index (χ0n) is 15.8. The Morgan fingerprint density at radius 2 is 1.71 bits per heavy atom. The number of aryl methyl sites for hydroxylation is 1. The van der Waals surface area contributed by atoms with Crippen molar-refractivity contribution >= 4 is 5.91 Å². The fourth-order valence-corrected chi connectivity index (χ4v) is 3.05. The second-order valence-corrected chi connectivity index (χ2v) is 6.60. The predicted molar refractivity (Wildman–Crippen MR) is 108 cm³/mol. The van der Waals surface area contributed by atoms with Gasteiger partial charge in [-0.2, -0.15) is 10.2 Å². The lowest BCUT2D eigenvalue weighted by molar-refractivity contribution is 0.0951. The number of hydrogen-bond donors (Lipinski definition) is 1. The Morgan fingerprint density at radius 3 is 2.36 bits per heavy atom. The number of amides is 1. The van der Waals surface area contributed by atoms with Crippen LogP contribution >= 0.6 is 0 Å². The first-order valence-corrected chi connectivity index (χ1v) is 9.09. The molecule has 0 atom stereocenters. The van der Waals surface area contributed by atoms with E-state index in [9.17, 15) is 4.79 Å². The first kappa shape index (κ1) is 17.7. The molecule has 0 saturated carbocycles. The molecule has 0 aliphatic heterocycles. The van der Waals surface area contributed by atoms with E-state index in [1.54, 1.807) is 21.8 Å². The maximum Gasteiger partial charge on any atom is 0.255 e. The molecule has 28 heavy (non-hydrogen) atoms. The molecule has 4 aromatic rings. The van der Waals surface area contributed by atoms with Crippen LogP contribution in [-0.4, -0.2) is 25.5 Å². The Hall–Kier alpha value is -3.67. The summed E-state index contributed by atoms with van der Waals surface area (Å²) in [5, 5.41) is 11.9. The Bertz CT molecular complexity index is 1100. The summed E-state index contributed by atoms with van der Waals surface area (Å²) in [6.45, 7) is 2.40. The van der Waals surface area contributed by atoms with Gasteiger partial charge in [0.25, 0.3) is 5.91 Å². The molecule has 0 fully saturated rings. The molecule has 0 saturated heterocycles. The molecule has 0 aliphatic rings. The molecule has 0 radical (unpaired) electrons. The normalized spacial score (nSPS) is 10.8. The highest BCUT2D eigenvalue weighted by Crippen LogP contribution is 2.23. The number of aromatic nitrogens is 4. The number of para-hydroxylation sites is 1. The number of carbonyl (C=O) groups is 1. The van der Waals surface area contributed by atoms with Crippen molar-refractivity contribution in [1.82, 2.24) is 24.9 Å². The first-order chi connectivity index (χ1) is 13.6. The lowest BCUT2D eigenvalue weighted by atomic mass is 10.1. The topological polar surface area (TPSA) is 64.7 Å². The van der Waals surface area contributed by atoms with Crippen molar-refractivity contribution in [3.8, 4) is 16.9 Å². The van der Waals surface area contributed by atoms with Gasteiger partial charge in [0.05, 0.1) is 17.4 Å². The number of hydrogen-bond acceptors (Lipinski definition) is 3. The first-order valence-electron chi connectivity index (χ1n) is 9.09. The Morgan fingerprint density at radius 1 is 1.04 bits per heavy atom. The molecule has 0 bridgehead atoms. The van der Waals surface area contributed by atoms with Crippen LogP contribution in [0.15, 0.2) is 73.1 Å². The molecule has 0 aliphatic carbocycles. The fourth-order valence-electron chi connectivity index (χ4n) is 3.05. The minimum absolute atomic E-state index is 0.163. The van der Waals surface area contributed by atoms with Crippen molar-refractivity contribution in [2.75, 3.05) is 0 Å². The van der Waals surface area contributed by atoms with Crippen molar-refractivity contribution in [3.05, 3.63) is 89.9 Å². The van der Waals surface area contributed by atoms with Crippen molar-refractivity contribution in [3.63, 3.8) is 0 Å². The summed E-state index contributed by atoms with van der Waals surface area (Å²) in [6, 6.07) is 19.5. The molecule has 2 heterocycles. The highest BCUT2D eigenvalue weighted by molar-refractivity contribution is 5.99. The molecule has 1 amide bonds. The molecule has 6 nitrogen and oxygen atoms in total. The van der Waals surface area contributed by atoms with E-state index in [-0.39, 0.29) is 5.91 Å². The van der Waals surface area contributed by atoms with Crippen LogP contribution in [0.3, 0.4) is 0 Å². The lowest BCUT2D eigenvalue weighted by Gasteiger charge is -2.05. The second kappa shape index (κ2) is 7.52. The number of carbonyl (C=O) groups excluding carboxylic acids is 1. The average molecular weight is 371 g/mol. The van der Waals surface area contributed by atoms with Crippen LogP contribution in [0, 0.1) is 6.92 Å². The summed E-state index contributed by atoms with van der Waals surface area (Å²) in [5.74, 6) is -0.163. The molecular formula is C22H21N5O. The zero-order chi connectivity index (χ0) is 19.5. The molecule has 2 aromatic heterocycles. The van der Waals surface area contributed by atoms with Gasteiger partial charge in [-0.15, -0.1) is 0 Å². The van der Waals surface area contributed by atoms with Crippen LogP contribution in [0.5, 0.6) is 0 Å². The molecule has 1 N–H and O–H groups in total. The van der Waals surface area contributed by atoms with E-state index < -0.39 is 0 Å². The van der Waals surface area contributed by atoms with E-state index in [1.807, 2.05) is 74.6 Å². The lowest BCUT2D eigenvalue weighted by Crippen LogP contribution is -2.23. The monoisotopic (exact) mass is 371 g/mol. The van der Waals surface area contributed by atoms with Gasteiger partial charge >= 0.3 is 0 Å². The smallest absolute Gasteiger partial charge is 0.255 e. The zero-order valence-corrected chi connectivity index (χ0v) is 15.8. The Labute approximate surface area is 163 Å². The number of rotatable bonds is 5. The highest BCUT2D eigenvalue weighted by atomic mass is 16.1. The third-order valence-electron chi connectivity index (χ3n) is 4.80. The summed E-state index contributed by atoms with van der Waals surface area (Å²) in [6.07, 6.45) is 3.56. The van der Waals surface area contributed by atoms with Gasteiger partial charge in [0.1, 0.15) is 5.69 Å². The van der Waals surface area contributed by atoms with Gasteiger partial charge in [0, 0.05) is 36.6 Å². The molecule has 2 aromatic carbocycles. The SMILES string of the molecule is Cc1c(CNC(=O)c2cn(-c3ccccc3)nc2-c2ccccc2)cnn1C. The van der Waals surface area contributed by atoms with Crippen LogP contribution in [0.4, 0.5) is 0 Å². The third kappa shape index (κ3) is 3.44. The maximum atomic E-state index is 13.0. The van der Waals surface area contributed by atoms with E-state index in [4.69, 9.17) is 0 Å². The van der Waals surface area contributed by atoms with Gasteiger partial charge in [-0.1, -0.05) is 48.5 Å². The average Bonchev–Trinajstić information content (AvgIpc) is 3.32. The van der Waals surface area contributed by atoms with Gasteiger partial charge in [-0.3, -0.25) is 9.48 Å². The van der Waals surface area contributed by atoms with Crippen LogP contribution in [0.1, 0.15) is 21.6 Å². The molecule has 6 heteroatoms. The van der Waals surface area contributed by atoms with Crippen LogP contribution in [-0.2, 0) is 13.6 Å². The summed E-state index contributed by atoms with van der Waals surface area (Å²) in [4.78, 5) is 13.0. The van der Waals surface area contributed by atoms with Crippen molar-refractivity contribution in [1.29, 1.82) is 0 Å². The van der Waals surface area contributed by atoms with Gasteiger partial charge in [-0.25, -0.2) is 4.68 Å². The van der Waals surface area contributed by atoms with Crippen molar-refractivity contribution in [2.24, 2.45) is 7.05 Å². The molecule has 0 unspecified atom stereocenters. The number of nitrogens with one attached hydrogen (secondary N) is 1. The van der Waals surface area contributed by atoms with E-state index in [1.165, 1.54) is 0 Å². The van der Waals surface area contributed by atoms with Crippen molar-refractivity contribution < 1.29 is 4.79 Å². The summed E-state index contributed by atoms with van der Waals surface area (Å²) in [5.41, 5.74) is 5.03. The largest absolute Gasteiger partial charge is 0.348 e.